The largest absolute Gasteiger partial charge is 0.481 e. The van der Waals surface area contributed by atoms with Crippen molar-refractivity contribution in [3.63, 3.8) is 0 Å². The maximum atomic E-state index is 10.8. The second kappa shape index (κ2) is 4.56. The molecule has 0 amide bonds. The Balaban J connectivity index is 3.30. The minimum atomic E-state index is -1.18. The third kappa shape index (κ3) is 2.25. The Morgan fingerprint density at radius 1 is 1.62 bits per heavy atom. The lowest BCUT2D eigenvalue weighted by atomic mass is 10.1. The fourth-order valence-corrected chi connectivity index (χ4v) is 1.15. The molecule has 1 heterocycles. The van der Waals surface area contributed by atoms with E-state index in [0.29, 0.717) is 0 Å². The summed E-state index contributed by atoms with van der Waals surface area (Å²) in [5.41, 5.74) is -0.437. The van der Waals surface area contributed by atoms with Gasteiger partial charge < -0.3 is 9.84 Å². The quantitative estimate of drug-likeness (QED) is 0.610. The van der Waals surface area contributed by atoms with Gasteiger partial charge in [0.1, 0.15) is 11.6 Å². The molecule has 1 aromatic heterocycles. The van der Waals surface area contributed by atoms with Crippen molar-refractivity contribution in [2.45, 2.75) is 12.8 Å². The fraction of sp³-hybridized carbons (Fsp3) is 0.333. The third-order valence-corrected chi connectivity index (χ3v) is 2.06. The van der Waals surface area contributed by atoms with Crippen molar-refractivity contribution in [2.75, 3.05) is 7.11 Å². The number of pyridine rings is 1. The van der Waals surface area contributed by atoms with Gasteiger partial charge >= 0.3 is 5.97 Å². The van der Waals surface area contributed by atoms with Crippen molar-refractivity contribution >= 4 is 11.7 Å². The van der Waals surface area contributed by atoms with E-state index >= 15 is 0 Å². The van der Waals surface area contributed by atoms with E-state index in [1.165, 1.54) is 26.2 Å². The molecule has 0 aromatic carbocycles. The molecule has 1 atom stereocenters. The second-order valence-corrected chi connectivity index (χ2v) is 3.08. The molecule has 0 fully saturated rings. The van der Waals surface area contributed by atoms with E-state index < -0.39 is 16.8 Å². The van der Waals surface area contributed by atoms with E-state index in [-0.39, 0.29) is 17.3 Å². The third-order valence-electron chi connectivity index (χ3n) is 2.06. The number of rotatable bonds is 4. The highest BCUT2D eigenvalue weighted by Crippen LogP contribution is 2.26. The van der Waals surface area contributed by atoms with Gasteiger partial charge in [-0.15, -0.1) is 0 Å². The number of nitrogens with zero attached hydrogens (tertiary/aromatic N) is 2. The summed E-state index contributed by atoms with van der Waals surface area (Å²) in [4.78, 5) is 24.6. The van der Waals surface area contributed by atoms with Crippen molar-refractivity contribution in [1.29, 1.82) is 0 Å². The number of hydrogen-bond acceptors (Lipinski definition) is 5. The number of aliphatic carboxylic acids is 1. The first-order chi connectivity index (χ1) is 7.47. The standard InChI is InChI=1S/C9H10N2O5/c1-5(9(12)13)8-6(11(14)15)3-4-7(10-8)16-2/h3-5H,1-2H3,(H,12,13). The molecule has 7 nitrogen and oxygen atoms in total. The first-order valence-electron chi connectivity index (χ1n) is 4.39. The van der Waals surface area contributed by atoms with Gasteiger partial charge in [-0.05, 0) is 6.92 Å². The van der Waals surface area contributed by atoms with E-state index in [1.807, 2.05) is 0 Å². The number of methoxy groups -OCH3 is 1. The van der Waals surface area contributed by atoms with Crippen LogP contribution in [0.15, 0.2) is 12.1 Å². The zero-order valence-electron chi connectivity index (χ0n) is 8.71. The first kappa shape index (κ1) is 11.9. The first-order valence-corrected chi connectivity index (χ1v) is 4.39. The molecule has 86 valence electrons. The number of carbonyl (C=O) groups is 1. The summed E-state index contributed by atoms with van der Waals surface area (Å²) < 4.78 is 4.79. The molecule has 0 saturated carbocycles. The number of aromatic nitrogens is 1. The minimum Gasteiger partial charge on any atom is -0.481 e. The van der Waals surface area contributed by atoms with Crippen LogP contribution in [-0.2, 0) is 4.79 Å². The Labute approximate surface area is 90.8 Å². The number of hydrogen-bond donors (Lipinski definition) is 1. The summed E-state index contributed by atoms with van der Waals surface area (Å²) in [6.07, 6.45) is 0. The molecule has 1 rings (SSSR count). The Bertz CT molecular complexity index is 432. The van der Waals surface area contributed by atoms with Gasteiger partial charge in [-0.3, -0.25) is 14.9 Å². The number of ether oxygens (including phenoxy) is 1. The summed E-state index contributed by atoms with van der Waals surface area (Å²) in [7, 11) is 1.35. The fourth-order valence-electron chi connectivity index (χ4n) is 1.15. The molecule has 0 aliphatic carbocycles. The molecule has 1 aromatic rings. The van der Waals surface area contributed by atoms with Crippen molar-refractivity contribution in [3.8, 4) is 5.88 Å². The van der Waals surface area contributed by atoms with Crippen LogP contribution in [0.25, 0.3) is 0 Å². The lowest BCUT2D eigenvalue weighted by molar-refractivity contribution is -0.386. The number of carboxylic acids is 1. The van der Waals surface area contributed by atoms with Gasteiger partial charge in [0.25, 0.3) is 5.69 Å². The molecule has 0 radical (unpaired) electrons. The molecule has 16 heavy (non-hydrogen) atoms. The SMILES string of the molecule is COc1ccc([N+](=O)[O-])c(C(C)C(=O)O)n1. The second-order valence-electron chi connectivity index (χ2n) is 3.08. The van der Waals surface area contributed by atoms with E-state index in [0.717, 1.165) is 0 Å². The molecule has 0 bridgehead atoms. The van der Waals surface area contributed by atoms with Gasteiger partial charge in [0.15, 0.2) is 0 Å². The molecule has 0 aliphatic rings. The van der Waals surface area contributed by atoms with E-state index in [4.69, 9.17) is 9.84 Å². The van der Waals surface area contributed by atoms with E-state index in [2.05, 4.69) is 4.98 Å². The van der Waals surface area contributed by atoms with Crippen LogP contribution in [0.4, 0.5) is 5.69 Å². The van der Waals surface area contributed by atoms with Gasteiger partial charge in [0.2, 0.25) is 5.88 Å². The van der Waals surface area contributed by atoms with Crippen molar-refractivity contribution in [1.82, 2.24) is 4.98 Å². The van der Waals surface area contributed by atoms with Gasteiger partial charge in [-0.2, -0.15) is 0 Å². The van der Waals surface area contributed by atoms with Crippen LogP contribution >= 0.6 is 0 Å². The molecule has 0 spiro atoms. The van der Waals surface area contributed by atoms with Gasteiger partial charge in [-0.25, -0.2) is 4.98 Å². The molecule has 1 N–H and O–H groups in total. The topological polar surface area (TPSA) is 103 Å². The summed E-state index contributed by atoms with van der Waals surface area (Å²) in [5.74, 6) is -2.09. The number of nitro groups is 1. The number of carboxylic acid groups (broad SMARTS) is 1. The van der Waals surface area contributed by atoms with Crippen LogP contribution in [0.2, 0.25) is 0 Å². The van der Waals surface area contributed by atoms with Crippen LogP contribution in [0.1, 0.15) is 18.5 Å². The molecule has 1 unspecified atom stereocenters. The van der Waals surface area contributed by atoms with Crippen LogP contribution in [0, 0.1) is 10.1 Å². The average molecular weight is 226 g/mol. The molecular formula is C9H10N2O5. The van der Waals surface area contributed by atoms with Gasteiger partial charge in [-0.1, -0.05) is 0 Å². The zero-order chi connectivity index (χ0) is 12.3. The lowest BCUT2D eigenvalue weighted by Crippen LogP contribution is -2.12. The highest BCUT2D eigenvalue weighted by molar-refractivity contribution is 5.76. The zero-order valence-corrected chi connectivity index (χ0v) is 8.71. The average Bonchev–Trinajstić information content (AvgIpc) is 2.26. The van der Waals surface area contributed by atoms with Crippen LogP contribution in [0.3, 0.4) is 0 Å². The van der Waals surface area contributed by atoms with Crippen molar-refractivity contribution < 1.29 is 19.6 Å². The van der Waals surface area contributed by atoms with E-state index in [9.17, 15) is 14.9 Å². The smallest absolute Gasteiger partial charge is 0.312 e. The summed E-state index contributed by atoms with van der Waals surface area (Å²) in [6.45, 7) is 1.33. The Morgan fingerprint density at radius 2 is 2.25 bits per heavy atom. The van der Waals surface area contributed by atoms with Crippen molar-refractivity contribution in [2.24, 2.45) is 0 Å². The molecule has 0 aliphatic heterocycles. The normalized spacial score (nSPS) is 11.9. The Kier molecular flexibility index (Phi) is 3.39. The molecule has 0 saturated heterocycles. The van der Waals surface area contributed by atoms with E-state index in [1.54, 1.807) is 0 Å². The summed E-state index contributed by atoms with van der Waals surface area (Å²) in [5, 5.41) is 19.5. The monoisotopic (exact) mass is 226 g/mol. The van der Waals surface area contributed by atoms with Crippen LogP contribution in [0.5, 0.6) is 5.88 Å². The maximum Gasteiger partial charge on any atom is 0.312 e. The Morgan fingerprint density at radius 3 is 2.69 bits per heavy atom. The lowest BCUT2D eigenvalue weighted by Gasteiger charge is -2.07. The van der Waals surface area contributed by atoms with Crippen LogP contribution < -0.4 is 4.74 Å². The summed E-state index contributed by atoms with van der Waals surface area (Å²) >= 11 is 0. The highest BCUT2D eigenvalue weighted by atomic mass is 16.6. The van der Waals surface area contributed by atoms with Crippen molar-refractivity contribution in [3.05, 3.63) is 27.9 Å². The molecular weight excluding hydrogens is 216 g/mol. The maximum absolute atomic E-state index is 10.8. The highest BCUT2D eigenvalue weighted by Gasteiger charge is 2.26. The summed E-state index contributed by atoms with van der Waals surface area (Å²) in [6, 6.07) is 2.50. The predicted octanol–water partition coefficient (Wildman–Crippen LogP) is 1.19. The minimum absolute atomic E-state index is 0.114. The van der Waals surface area contributed by atoms with Gasteiger partial charge in [0, 0.05) is 12.1 Å². The van der Waals surface area contributed by atoms with Gasteiger partial charge in [0.05, 0.1) is 12.0 Å². The Hall–Kier alpha value is -2.18. The predicted molar refractivity (Wildman–Crippen MR) is 53.5 cm³/mol. The van der Waals surface area contributed by atoms with Crippen LogP contribution in [-0.4, -0.2) is 28.1 Å². The molecule has 7 heteroatoms.